The number of hydrogen-bond acceptors (Lipinski definition) is 3. The van der Waals surface area contributed by atoms with E-state index < -0.39 is 0 Å². The number of rotatable bonds is 2. The van der Waals surface area contributed by atoms with Crippen LogP contribution in [0.5, 0.6) is 5.75 Å². The lowest BCUT2D eigenvalue weighted by atomic mass is 9.93. The van der Waals surface area contributed by atoms with Gasteiger partial charge in [0, 0.05) is 24.2 Å². The Hall–Kier alpha value is -0.930. The molecule has 17 heavy (non-hydrogen) atoms. The lowest BCUT2D eigenvalue weighted by Crippen LogP contribution is -2.47. The molecule has 2 unspecified atom stereocenters. The van der Waals surface area contributed by atoms with Gasteiger partial charge in [0.2, 0.25) is 0 Å². The van der Waals surface area contributed by atoms with Crippen molar-refractivity contribution in [3.8, 4) is 5.75 Å². The highest BCUT2D eigenvalue weighted by atomic mass is 35.5. The maximum absolute atomic E-state index is 9.94. The van der Waals surface area contributed by atoms with Crippen molar-refractivity contribution in [3.05, 3.63) is 23.2 Å². The van der Waals surface area contributed by atoms with Crippen LogP contribution in [0.25, 0.3) is 0 Å². The molecule has 1 aromatic rings. The summed E-state index contributed by atoms with van der Waals surface area (Å²) in [5, 5.41) is 13.9. The third kappa shape index (κ3) is 2.67. The Bertz CT molecular complexity index is 397. The molecule has 2 atom stereocenters. The molecule has 1 aliphatic heterocycles. The van der Waals surface area contributed by atoms with E-state index in [1.807, 2.05) is 19.2 Å². The van der Waals surface area contributed by atoms with Crippen LogP contribution in [-0.4, -0.2) is 31.3 Å². The molecule has 0 radical (unpaired) electrons. The lowest BCUT2D eigenvalue weighted by molar-refractivity contribution is 0.337. The van der Waals surface area contributed by atoms with Gasteiger partial charge in [0.05, 0.1) is 5.69 Å². The topological polar surface area (TPSA) is 35.5 Å². The Morgan fingerprint density at radius 2 is 2.24 bits per heavy atom. The minimum Gasteiger partial charge on any atom is -0.506 e. The largest absolute Gasteiger partial charge is 0.506 e. The summed E-state index contributed by atoms with van der Waals surface area (Å²) in [4.78, 5) is 2.16. The number of hydrogen-bond donors (Lipinski definition) is 2. The zero-order valence-corrected chi connectivity index (χ0v) is 11.0. The molecule has 4 heteroatoms. The van der Waals surface area contributed by atoms with E-state index in [0.717, 1.165) is 25.2 Å². The van der Waals surface area contributed by atoms with E-state index in [1.54, 1.807) is 6.07 Å². The third-order valence-corrected chi connectivity index (χ3v) is 3.79. The Morgan fingerprint density at radius 3 is 2.88 bits per heavy atom. The molecule has 1 fully saturated rings. The average Bonchev–Trinajstić information content (AvgIpc) is 2.29. The molecule has 2 N–H and O–H groups in total. The summed E-state index contributed by atoms with van der Waals surface area (Å²) in [6, 6.07) is 5.76. The number of benzene rings is 1. The molecule has 1 aromatic carbocycles. The third-order valence-electron chi connectivity index (χ3n) is 3.55. The Labute approximate surface area is 107 Å². The number of halogens is 1. The van der Waals surface area contributed by atoms with Crippen LogP contribution in [0, 0.1) is 5.92 Å². The summed E-state index contributed by atoms with van der Waals surface area (Å²) in [5.41, 5.74) is 0.855. The molecule has 0 bridgehead atoms. The fraction of sp³-hybridized carbons (Fsp3) is 0.538. The summed E-state index contributed by atoms with van der Waals surface area (Å²) < 4.78 is 0. The predicted octanol–water partition coefficient (Wildman–Crippen LogP) is 2.48. The Balaban J connectivity index is 2.20. The van der Waals surface area contributed by atoms with Crippen molar-refractivity contribution >= 4 is 17.3 Å². The van der Waals surface area contributed by atoms with Gasteiger partial charge in [-0.05, 0) is 37.6 Å². The van der Waals surface area contributed by atoms with Gasteiger partial charge in [-0.3, -0.25) is 0 Å². The molecule has 3 nitrogen and oxygen atoms in total. The van der Waals surface area contributed by atoms with E-state index >= 15 is 0 Å². The van der Waals surface area contributed by atoms with Gasteiger partial charge in [-0.2, -0.15) is 0 Å². The smallest absolute Gasteiger partial charge is 0.140 e. The second-order valence-corrected chi connectivity index (χ2v) is 5.22. The zero-order chi connectivity index (χ0) is 12.4. The first-order valence-electron chi connectivity index (χ1n) is 6.01. The van der Waals surface area contributed by atoms with E-state index in [0.29, 0.717) is 17.0 Å². The molecule has 1 saturated heterocycles. The summed E-state index contributed by atoms with van der Waals surface area (Å²) in [7, 11) is 2.04. The second-order valence-electron chi connectivity index (χ2n) is 4.78. The maximum Gasteiger partial charge on any atom is 0.140 e. The first kappa shape index (κ1) is 12.5. The fourth-order valence-electron chi connectivity index (χ4n) is 2.55. The van der Waals surface area contributed by atoms with E-state index in [9.17, 15) is 5.11 Å². The van der Waals surface area contributed by atoms with Crippen LogP contribution in [0.3, 0.4) is 0 Å². The average molecular weight is 255 g/mol. The van der Waals surface area contributed by atoms with Gasteiger partial charge >= 0.3 is 0 Å². The van der Waals surface area contributed by atoms with Gasteiger partial charge < -0.3 is 15.3 Å². The van der Waals surface area contributed by atoms with Gasteiger partial charge in [0.1, 0.15) is 5.75 Å². The highest BCUT2D eigenvalue weighted by Gasteiger charge is 2.26. The van der Waals surface area contributed by atoms with Crippen molar-refractivity contribution in [2.75, 3.05) is 25.0 Å². The highest BCUT2D eigenvalue weighted by molar-refractivity contribution is 6.30. The summed E-state index contributed by atoms with van der Waals surface area (Å²) in [5.74, 6) is 0.828. The number of piperidine rings is 1. The van der Waals surface area contributed by atoms with Crippen molar-refractivity contribution in [1.82, 2.24) is 5.32 Å². The molecule has 0 amide bonds. The number of phenols is 1. The van der Waals surface area contributed by atoms with E-state index in [4.69, 9.17) is 11.6 Å². The molecule has 2 rings (SSSR count). The maximum atomic E-state index is 9.94. The normalized spacial score (nSPS) is 24.6. The fourth-order valence-corrected chi connectivity index (χ4v) is 2.72. The van der Waals surface area contributed by atoms with Crippen molar-refractivity contribution in [1.29, 1.82) is 0 Å². The predicted molar refractivity (Wildman–Crippen MR) is 72.0 cm³/mol. The zero-order valence-electron chi connectivity index (χ0n) is 10.3. The van der Waals surface area contributed by atoms with Crippen molar-refractivity contribution < 1.29 is 5.11 Å². The molecule has 1 aliphatic rings. The number of anilines is 1. The highest BCUT2D eigenvalue weighted by Crippen LogP contribution is 2.32. The van der Waals surface area contributed by atoms with Gasteiger partial charge in [0.15, 0.2) is 0 Å². The SMILES string of the molecule is CC1CNCCC1N(C)c1ccc(Cl)cc1O. The molecule has 0 saturated carbocycles. The van der Waals surface area contributed by atoms with Crippen LogP contribution >= 0.6 is 11.6 Å². The van der Waals surface area contributed by atoms with Gasteiger partial charge in [0.25, 0.3) is 0 Å². The Morgan fingerprint density at radius 1 is 1.47 bits per heavy atom. The second kappa shape index (κ2) is 5.15. The first-order chi connectivity index (χ1) is 8.09. The number of nitrogens with one attached hydrogen (secondary N) is 1. The molecule has 94 valence electrons. The number of nitrogens with zero attached hydrogens (tertiary/aromatic N) is 1. The van der Waals surface area contributed by atoms with Crippen LogP contribution < -0.4 is 10.2 Å². The summed E-state index contributed by atoms with van der Waals surface area (Å²) in [6.07, 6.45) is 1.10. The lowest BCUT2D eigenvalue weighted by Gasteiger charge is -2.38. The molecular formula is C13H19ClN2O. The molecule has 0 spiro atoms. The van der Waals surface area contributed by atoms with Gasteiger partial charge in [-0.25, -0.2) is 0 Å². The van der Waals surface area contributed by atoms with Crippen LogP contribution in [0.4, 0.5) is 5.69 Å². The van der Waals surface area contributed by atoms with Crippen molar-refractivity contribution in [2.24, 2.45) is 5.92 Å². The van der Waals surface area contributed by atoms with Crippen molar-refractivity contribution in [3.63, 3.8) is 0 Å². The minimum absolute atomic E-state index is 0.255. The van der Waals surface area contributed by atoms with Crippen LogP contribution in [0.2, 0.25) is 5.02 Å². The first-order valence-corrected chi connectivity index (χ1v) is 6.39. The summed E-state index contributed by atoms with van der Waals surface area (Å²) in [6.45, 7) is 4.30. The molecule has 0 aliphatic carbocycles. The monoisotopic (exact) mass is 254 g/mol. The van der Waals surface area contributed by atoms with Crippen LogP contribution in [-0.2, 0) is 0 Å². The molecule has 0 aromatic heterocycles. The van der Waals surface area contributed by atoms with Crippen LogP contribution in [0.1, 0.15) is 13.3 Å². The van der Waals surface area contributed by atoms with E-state index in [1.165, 1.54) is 0 Å². The molecular weight excluding hydrogens is 236 g/mol. The van der Waals surface area contributed by atoms with Crippen molar-refractivity contribution in [2.45, 2.75) is 19.4 Å². The number of phenolic OH excluding ortho intramolecular Hbond substituents is 1. The van der Waals surface area contributed by atoms with Gasteiger partial charge in [-0.1, -0.05) is 18.5 Å². The number of aromatic hydroxyl groups is 1. The van der Waals surface area contributed by atoms with Gasteiger partial charge in [-0.15, -0.1) is 0 Å². The van der Waals surface area contributed by atoms with E-state index in [-0.39, 0.29) is 5.75 Å². The Kier molecular flexibility index (Phi) is 3.79. The standard InChI is InChI=1S/C13H19ClN2O/c1-9-8-15-6-5-11(9)16(2)12-4-3-10(14)7-13(12)17/h3-4,7,9,11,15,17H,5-6,8H2,1-2H3. The van der Waals surface area contributed by atoms with E-state index in [2.05, 4.69) is 17.1 Å². The summed E-state index contributed by atoms with van der Waals surface area (Å²) >= 11 is 5.85. The van der Waals surface area contributed by atoms with Crippen LogP contribution in [0.15, 0.2) is 18.2 Å². The minimum atomic E-state index is 0.255. The quantitative estimate of drug-likeness (QED) is 0.851. The molecule has 1 heterocycles.